The lowest BCUT2D eigenvalue weighted by Crippen LogP contribution is -2.62. The molecule has 5 atom stereocenters. The molecule has 13 heteroatoms. The van der Waals surface area contributed by atoms with Crippen LogP contribution in [0.4, 0.5) is 9.59 Å². The molecule has 2 aliphatic heterocycles. The first-order chi connectivity index (χ1) is 26.1. The highest BCUT2D eigenvalue weighted by molar-refractivity contribution is 6.38. The Morgan fingerprint density at radius 3 is 2.31 bits per heavy atom. The molecule has 0 bridgehead atoms. The van der Waals surface area contributed by atoms with Gasteiger partial charge in [0.15, 0.2) is 0 Å². The van der Waals surface area contributed by atoms with E-state index in [9.17, 15) is 24.0 Å². The molecule has 1 aromatic rings. The molecule has 0 spiro atoms. The zero-order valence-electron chi connectivity index (χ0n) is 33.5. The predicted molar refractivity (Wildman–Crippen MR) is 211 cm³/mol. The van der Waals surface area contributed by atoms with Gasteiger partial charge in [-0.25, -0.2) is 9.59 Å². The van der Waals surface area contributed by atoms with E-state index in [4.69, 9.17) is 0 Å². The van der Waals surface area contributed by atoms with Crippen molar-refractivity contribution in [2.45, 2.75) is 111 Å². The minimum Gasteiger partial charge on any atom is -0.346 e. The number of carbonyl (C=O) groups is 6. The highest BCUT2D eigenvalue weighted by Crippen LogP contribution is 2.48. The Labute approximate surface area is 325 Å². The number of rotatable bonds is 16. The summed E-state index contributed by atoms with van der Waals surface area (Å²) in [5.41, 5.74) is 4.08. The number of amides is 7. The van der Waals surface area contributed by atoms with E-state index in [0.29, 0.717) is 45.3 Å². The van der Waals surface area contributed by atoms with Crippen molar-refractivity contribution in [3.05, 3.63) is 59.2 Å². The molecule has 1 aromatic carbocycles. The van der Waals surface area contributed by atoms with Crippen LogP contribution in [-0.2, 0) is 32.0 Å². The number of ketones is 1. The zero-order chi connectivity index (χ0) is 40.0. The maximum atomic E-state index is 15.1. The third-order valence-electron chi connectivity index (χ3n) is 11.7. The standard InChI is InChI=1S/C42H61N7O6/c1-8-10-16-32(36(50)38(52)43-17-9-2)45-37(51)35-30-22-29(25(3)4)31(30)23-49(35)39(53)34(28-20-26-14-11-12-15-27(26)21-28)47-40(54)46-33(42(5,6)7)24-48-19-13-18-44-41(48)55/h9,11-12,14-15,25,28,30,32-35H,2,8,10,13,16-24H2,1,3-7H3,(H,43,52)(H,44,55)(H,45,51)(H2,46,47,54)/t30-,32?,33+,34-,35-/m0/s1. The number of likely N-dealkylation sites (tertiary alicyclic amines) is 1. The van der Waals surface area contributed by atoms with Crippen molar-refractivity contribution in [2.75, 3.05) is 32.7 Å². The van der Waals surface area contributed by atoms with E-state index < -0.39 is 53.2 Å². The van der Waals surface area contributed by atoms with Crippen molar-refractivity contribution >= 4 is 35.6 Å². The second-order valence-corrected chi connectivity index (χ2v) is 17.0. The van der Waals surface area contributed by atoms with Gasteiger partial charge in [0.2, 0.25) is 17.6 Å². The summed E-state index contributed by atoms with van der Waals surface area (Å²) in [6, 6.07) is 3.98. The van der Waals surface area contributed by atoms with E-state index in [0.717, 1.165) is 29.5 Å². The lowest BCUT2D eigenvalue weighted by molar-refractivity contribution is -0.144. The summed E-state index contributed by atoms with van der Waals surface area (Å²) < 4.78 is 0. The molecule has 7 amide bonds. The van der Waals surface area contributed by atoms with Gasteiger partial charge in [-0.15, -0.1) is 6.58 Å². The van der Waals surface area contributed by atoms with Crippen molar-refractivity contribution in [3.63, 3.8) is 0 Å². The predicted octanol–water partition coefficient (Wildman–Crippen LogP) is 3.63. The SMILES string of the molecule is C=CCNC(=O)C(=O)C(CCCC)NC(=O)[C@@H]1[C@H]2CC(C(C)C)=C2CN1C(=O)[C@@H](NC(=O)N[C@H](CN1CCCNC1=O)C(C)(C)C)C1Cc2ccccc2C1. The first-order valence-corrected chi connectivity index (χ1v) is 20.1. The van der Waals surface area contributed by atoms with Gasteiger partial charge in [-0.2, -0.15) is 0 Å². The van der Waals surface area contributed by atoms with E-state index in [1.54, 1.807) is 9.80 Å². The van der Waals surface area contributed by atoms with Gasteiger partial charge < -0.3 is 36.4 Å². The second kappa shape index (κ2) is 17.8. The quantitative estimate of drug-likeness (QED) is 0.127. The van der Waals surface area contributed by atoms with Crippen LogP contribution in [-0.4, -0.2) is 102 Å². The monoisotopic (exact) mass is 759 g/mol. The first-order valence-electron chi connectivity index (χ1n) is 20.1. The van der Waals surface area contributed by atoms with Crippen molar-refractivity contribution < 1.29 is 28.8 Å². The number of urea groups is 2. The molecular weight excluding hydrogens is 699 g/mol. The number of allylic oxidation sites excluding steroid dienone is 1. The summed E-state index contributed by atoms with van der Waals surface area (Å²) in [7, 11) is 0. The Morgan fingerprint density at radius 2 is 1.71 bits per heavy atom. The topological polar surface area (TPSA) is 169 Å². The fourth-order valence-electron chi connectivity index (χ4n) is 8.45. The van der Waals surface area contributed by atoms with Crippen molar-refractivity contribution in [1.82, 2.24) is 36.4 Å². The summed E-state index contributed by atoms with van der Waals surface area (Å²) >= 11 is 0. The number of unbranched alkanes of at least 4 members (excludes halogenated alkanes) is 1. The molecule has 0 aromatic heterocycles. The van der Waals surface area contributed by atoms with Gasteiger partial charge in [0.1, 0.15) is 12.1 Å². The number of benzene rings is 1. The van der Waals surface area contributed by atoms with Crippen LogP contribution in [0, 0.1) is 23.2 Å². The van der Waals surface area contributed by atoms with Crippen LogP contribution in [0.1, 0.15) is 84.8 Å². The number of carbonyl (C=O) groups excluding carboxylic acids is 6. The van der Waals surface area contributed by atoms with Gasteiger partial charge in [0.25, 0.3) is 5.91 Å². The summed E-state index contributed by atoms with van der Waals surface area (Å²) in [6.07, 6.45) is 5.75. The third-order valence-corrected chi connectivity index (χ3v) is 11.7. The van der Waals surface area contributed by atoms with Gasteiger partial charge >= 0.3 is 12.1 Å². The normalized spacial score (nSPS) is 21.1. The molecule has 5 rings (SSSR count). The molecule has 55 heavy (non-hydrogen) atoms. The van der Waals surface area contributed by atoms with Gasteiger partial charge in [-0.1, -0.05) is 90.3 Å². The Kier molecular flexibility index (Phi) is 13.5. The highest BCUT2D eigenvalue weighted by Gasteiger charge is 2.53. The molecule has 2 heterocycles. The van der Waals surface area contributed by atoms with Crippen LogP contribution in [0.2, 0.25) is 0 Å². The number of nitrogens with one attached hydrogen (secondary N) is 5. The Hall–Kier alpha value is -4.68. The molecule has 0 radical (unpaired) electrons. The van der Waals surface area contributed by atoms with Gasteiger partial charge in [0, 0.05) is 38.6 Å². The van der Waals surface area contributed by atoms with Crippen LogP contribution in [0.3, 0.4) is 0 Å². The van der Waals surface area contributed by atoms with Crippen LogP contribution >= 0.6 is 0 Å². The average Bonchev–Trinajstić information content (AvgIpc) is 3.69. The van der Waals surface area contributed by atoms with Crippen LogP contribution < -0.4 is 26.6 Å². The minimum absolute atomic E-state index is 0.120. The van der Waals surface area contributed by atoms with Crippen LogP contribution in [0.25, 0.3) is 0 Å². The maximum absolute atomic E-state index is 15.1. The Bertz CT molecular complexity index is 1660. The maximum Gasteiger partial charge on any atom is 0.317 e. The smallest absolute Gasteiger partial charge is 0.317 e. The molecule has 0 saturated carbocycles. The zero-order valence-corrected chi connectivity index (χ0v) is 33.5. The molecule has 1 unspecified atom stereocenters. The number of fused-ring (bicyclic) bond motifs is 2. The van der Waals surface area contributed by atoms with Gasteiger partial charge in [0.05, 0.1) is 12.1 Å². The number of hydrogen-bond acceptors (Lipinski definition) is 6. The lowest BCUT2D eigenvalue weighted by atomic mass is 9.72. The van der Waals surface area contributed by atoms with E-state index in [2.05, 4.69) is 47.0 Å². The van der Waals surface area contributed by atoms with Gasteiger partial charge in [-0.05, 0) is 66.1 Å². The fourth-order valence-corrected chi connectivity index (χ4v) is 8.45. The lowest BCUT2D eigenvalue weighted by Gasteiger charge is -2.38. The number of hydrogen-bond donors (Lipinski definition) is 5. The highest BCUT2D eigenvalue weighted by atomic mass is 16.2. The number of nitrogens with zero attached hydrogens (tertiary/aromatic N) is 2. The summed E-state index contributed by atoms with van der Waals surface area (Å²) in [5, 5.41) is 14.4. The van der Waals surface area contributed by atoms with Crippen molar-refractivity contribution in [3.8, 4) is 0 Å². The first kappa shape index (κ1) is 41.5. The fraction of sp³-hybridized carbons (Fsp3) is 0.619. The summed E-state index contributed by atoms with van der Waals surface area (Å²) in [4.78, 5) is 85.5. The summed E-state index contributed by atoms with van der Waals surface area (Å²) in [6.45, 7) is 17.6. The van der Waals surface area contributed by atoms with E-state index in [-0.39, 0.29) is 49.2 Å². The summed E-state index contributed by atoms with van der Waals surface area (Å²) in [5.74, 6) is -2.63. The average molecular weight is 760 g/mol. The molecule has 4 aliphatic rings. The van der Waals surface area contributed by atoms with Crippen molar-refractivity contribution in [1.29, 1.82) is 0 Å². The molecule has 300 valence electrons. The number of Topliss-reactive ketones (excluding diaryl/α,β-unsaturated/α-hetero) is 1. The van der Waals surface area contributed by atoms with Gasteiger partial charge in [-0.3, -0.25) is 19.2 Å². The molecule has 5 N–H and O–H groups in total. The van der Waals surface area contributed by atoms with E-state index >= 15 is 4.79 Å². The van der Waals surface area contributed by atoms with E-state index in [1.165, 1.54) is 11.6 Å². The second-order valence-electron chi connectivity index (χ2n) is 17.0. The van der Waals surface area contributed by atoms with E-state index in [1.807, 2.05) is 52.0 Å². The minimum atomic E-state index is -1.05. The van der Waals surface area contributed by atoms with Crippen molar-refractivity contribution in [2.24, 2.45) is 23.2 Å². The molecule has 2 fully saturated rings. The molecular formula is C42H61N7O6. The largest absolute Gasteiger partial charge is 0.346 e. The molecule has 2 aliphatic carbocycles. The van der Waals surface area contributed by atoms with Crippen LogP contribution in [0.5, 0.6) is 0 Å². The Balaban J connectivity index is 1.43. The van der Waals surface area contributed by atoms with Crippen LogP contribution in [0.15, 0.2) is 48.1 Å². The third kappa shape index (κ3) is 9.59. The molecule has 2 saturated heterocycles. The Morgan fingerprint density at radius 1 is 1.02 bits per heavy atom. The molecule has 13 nitrogen and oxygen atoms in total.